The van der Waals surface area contributed by atoms with Gasteiger partial charge in [-0.05, 0) is 32.1 Å². The van der Waals surface area contributed by atoms with Crippen molar-refractivity contribution in [2.75, 3.05) is 11.5 Å². The first-order valence-electron chi connectivity index (χ1n) is 6.88. The zero-order valence-electron chi connectivity index (χ0n) is 12.3. The molecule has 1 aliphatic heterocycles. The fraction of sp³-hybridized carbons (Fsp3) is 0.429. The summed E-state index contributed by atoms with van der Waals surface area (Å²) < 4.78 is 1.58. The van der Waals surface area contributed by atoms with E-state index < -0.39 is 17.4 Å². The van der Waals surface area contributed by atoms with Crippen LogP contribution in [0.2, 0.25) is 0 Å². The van der Waals surface area contributed by atoms with Gasteiger partial charge in [0.15, 0.2) is 5.65 Å². The second kappa shape index (κ2) is 5.28. The smallest absolute Gasteiger partial charge is 0.330 e. The van der Waals surface area contributed by atoms with Gasteiger partial charge in [-0.1, -0.05) is 0 Å². The number of aromatic nitrogens is 3. The van der Waals surface area contributed by atoms with E-state index >= 15 is 0 Å². The molecule has 3 rings (SSSR count). The molecule has 1 saturated heterocycles. The van der Waals surface area contributed by atoms with Crippen LogP contribution in [-0.4, -0.2) is 48.6 Å². The minimum absolute atomic E-state index is 0.296. The Hall–Kier alpha value is -2.09. The van der Waals surface area contributed by atoms with Gasteiger partial charge in [0.25, 0.3) is 5.91 Å². The van der Waals surface area contributed by atoms with Crippen LogP contribution >= 0.6 is 11.8 Å². The standard InChI is InChI=1S/C14H16N4O3S/c1-8-5-9(2)18-11(16-8)10(6-15-18)12(19)17-14(13(20)21)3-4-22-7-14/h5-6H,3-4,7H2,1-2H3,(H,17,19)(H,20,21)/t14-/m1/s1. The van der Waals surface area contributed by atoms with E-state index in [4.69, 9.17) is 0 Å². The van der Waals surface area contributed by atoms with Gasteiger partial charge in [0.2, 0.25) is 0 Å². The number of nitrogens with one attached hydrogen (secondary N) is 1. The Morgan fingerprint density at radius 3 is 2.86 bits per heavy atom. The van der Waals surface area contributed by atoms with Crippen LogP contribution in [0.25, 0.3) is 5.65 Å². The van der Waals surface area contributed by atoms with Gasteiger partial charge < -0.3 is 10.4 Å². The highest BCUT2D eigenvalue weighted by atomic mass is 32.2. The summed E-state index contributed by atoms with van der Waals surface area (Å²) in [6.45, 7) is 3.72. The minimum atomic E-state index is -1.20. The Labute approximate surface area is 131 Å². The van der Waals surface area contributed by atoms with Gasteiger partial charge in [-0.3, -0.25) is 4.79 Å². The number of nitrogens with zero attached hydrogens (tertiary/aromatic N) is 3. The Morgan fingerprint density at radius 1 is 1.45 bits per heavy atom. The molecule has 1 aliphatic rings. The number of aryl methyl sites for hydroxylation is 2. The zero-order valence-corrected chi connectivity index (χ0v) is 13.1. The van der Waals surface area contributed by atoms with E-state index in [9.17, 15) is 14.7 Å². The van der Waals surface area contributed by atoms with E-state index in [1.807, 2.05) is 19.9 Å². The van der Waals surface area contributed by atoms with Crippen molar-refractivity contribution in [1.82, 2.24) is 19.9 Å². The second-order valence-corrected chi connectivity index (χ2v) is 6.58. The van der Waals surface area contributed by atoms with E-state index in [2.05, 4.69) is 15.4 Å². The molecule has 2 N–H and O–H groups in total. The summed E-state index contributed by atoms with van der Waals surface area (Å²) in [5.41, 5.74) is 1.19. The van der Waals surface area contributed by atoms with Crippen LogP contribution in [0, 0.1) is 13.8 Å². The molecule has 7 nitrogen and oxygen atoms in total. The maximum atomic E-state index is 12.5. The molecule has 0 saturated carbocycles. The molecule has 1 atom stereocenters. The summed E-state index contributed by atoms with van der Waals surface area (Å²) in [6, 6.07) is 1.87. The predicted molar refractivity (Wildman–Crippen MR) is 82.2 cm³/mol. The average molecular weight is 320 g/mol. The lowest BCUT2D eigenvalue weighted by Crippen LogP contribution is -2.54. The van der Waals surface area contributed by atoms with Crippen molar-refractivity contribution in [2.45, 2.75) is 25.8 Å². The van der Waals surface area contributed by atoms with Crippen molar-refractivity contribution in [3.05, 3.63) is 29.2 Å². The predicted octanol–water partition coefficient (Wildman–Crippen LogP) is 1.04. The van der Waals surface area contributed by atoms with Crippen molar-refractivity contribution >= 4 is 29.3 Å². The van der Waals surface area contributed by atoms with Gasteiger partial charge in [-0.15, -0.1) is 0 Å². The number of aliphatic carboxylic acids is 1. The molecule has 2 aromatic heterocycles. The van der Waals surface area contributed by atoms with Crippen molar-refractivity contribution < 1.29 is 14.7 Å². The van der Waals surface area contributed by atoms with E-state index in [0.29, 0.717) is 23.4 Å². The maximum Gasteiger partial charge on any atom is 0.330 e. The lowest BCUT2D eigenvalue weighted by molar-refractivity contribution is -0.143. The molecule has 1 fully saturated rings. The van der Waals surface area contributed by atoms with Crippen LogP contribution in [0.1, 0.15) is 28.2 Å². The molecule has 2 aromatic rings. The van der Waals surface area contributed by atoms with Crippen LogP contribution in [0.5, 0.6) is 0 Å². The quantitative estimate of drug-likeness (QED) is 0.877. The molecular weight excluding hydrogens is 304 g/mol. The van der Waals surface area contributed by atoms with E-state index in [1.165, 1.54) is 18.0 Å². The number of hydrogen-bond donors (Lipinski definition) is 2. The fourth-order valence-corrected chi connectivity index (χ4v) is 3.93. The van der Waals surface area contributed by atoms with Gasteiger partial charge in [-0.25, -0.2) is 14.3 Å². The molecule has 116 valence electrons. The van der Waals surface area contributed by atoms with E-state index in [1.54, 1.807) is 4.52 Å². The van der Waals surface area contributed by atoms with Gasteiger partial charge >= 0.3 is 5.97 Å². The van der Waals surface area contributed by atoms with Crippen molar-refractivity contribution in [3.8, 4) is 0 Å². The lowest BCUT2D eigenvalue weighted by atomic mass is 9.99. The van der Waals surface area contributed by atoms with E-state index in [0.717, 1.165) is 17.1 Å². The largest absolute Gasteiger partial charge is 0.479 e. The molecule has 22 heavy (non-hydrogen) atoms. The van der Waals surface area contributed by atoms with Crippen molar-refractivity contribution in [3.63, 3.8) is 0 Å². The molecular formula is C14H16N4O3S. The average Bonchev–Trinajstić information content (AvgIpc) is 3.05. The number of carboxylic acid groups (broad SMARTS) is 1. The van der Waals surface area contributed by atoms with Crippen molar-refractivity contribution in [2.24, 2.45) is 0 Å². The zero-order chi connectivity index (χ0) is 15.9. The van der Waals surface area contributed by atoms with Crippen molar-refractivity contribution in [1.29, 1.82) is 0 Å². The lowest BCUT2D eigenvalue weighted by Gasteiger charge is -2.24. The first-order chi connectivity index (χ1) is 10.4. The number of hydrogen-bond acceptors (Lipinski definition) is 5. The first kappa shape index (κ1) is 14.8. The number of carbonyl (C=O) groups excluding carboxylic acids is 1. The maximum absolute atomic E-state index is 12.5. The number of rotatable bonds is 3. The van der Waals surface area contributed by atoms with Gasteiger partial charge in [0, 0.05) is 17.1 Å². The molecule has 0 radical (unpaired) electrons. The third-order valence-corrected chi connectivity index (χ3v) is 5.00. The molecule has 3 heterocycles. The van der Waals surface area contributed by atoms with Crippen LogP contribution in [-0.2, 0) is 4.79 Å². The number of fused-ring (bicyclic) bond motifs is 1. The molecule has 0 aromatic carbocycles. The summed E-state index contributed by atoms with van der Waals surface area (Å²) in [7, 11) is 0. The molecule has 0 bridgehead atoms. The number of thioether (sulfide) groups is 1. The Morgan fingerprint density at radius 2 is 2.23 bits per heavy atom. The number of amides is 1. The highest BCUT2D eigenvalue weighted by molar-refractivity contribution is 7.99. The summed E-state index contributed by atoms with van der Waals surface area (Å²) in [4.78, 5) is 28.4. The summed E-state index contributed by atoms with van der Waals surface area (Å²) in [5.74, 6) is -0.351. The fourth-order valence-electron chi connectivity index (χ4n) is 2.60. The minimum Gasteiger partial charge on any atom is -0.479 e. The van der Waals surface area contributed by atoms with Crippen LogP contribution in [0.3, 0.4) is 0 Å². The Bertz CT molecular complexity index is 765. The van der Waals surface area contributed by atoms with Crippen LogP contribution in [0.4, 0.5) is 0 Å². The molecule has 0 unspecified atom stereocenters. The normalized spacial score (nSPS) is 21.2. The monoisotopic (exact) mass is 320 g/mol. The highest BCUT2D eigenvalue weighted by Gasteiger charge is 2.43. The van der Waals surface area contributed by atoms with Gasteiger partial charge in [-0.2, -0.15) is 16.9 Å². The molecule has 8 heteroatoms. The SMILES string of the molecule is Cc1cc(C)n2ncc(C(=O)N[C@]3(C(=O)O)CCSC3)c2n1. The first-order valence-corrected chi connectivity index (χ1v) is 8.04. The molecule has 0 spiro atoms. The molecule has 1 amide bonds. The third-order valence-electron chi connectivity index (χ3n) is 3.81. The van der Waals surface area contributed by atoms with Gasteiger partial charge in [0.05, 0.1) is 6.20 Å². The third kappa shape index (κ3) is 2.33. The van der Waals surface area contributed by atoms with Gasteiger partial charge in [0.1, 0.15) is 11.1 Å². The molecule has 0 aliphatic carbocycles. The Balaban J connectivity index is 1.97. The summed E-state index contributed by atoms with van der Waals surface area (Å²) in [6.07, 6.45) is 1.85. The van der Waals surface area contributed by atoms with Crippen LogP contribution < -0.4 is 5.32 Å². The number of carbonyl (C=O) groups is 2. The van der Waals surface area contributed by atoms with E-state index in [-0.39, 0.29) is 0 Å². The second-order valence-electron chi connectivity index (χ2n) is 5.48. The van der Waals surface area contributed by atoms with Crippen LogP contribution in [0.15, 0.2) is 12.3 Å². The highest BCUT2D eigenvalue weighted by Crippen LogP contribution is 2.29. The topological polar surface area (TPSA) is 96.6 Å². The summed E-state index contributed by atoms with van der Waals surface area (Å²) in [5, 5.41) is 16.3. The summed E-state index contributed by atoms with van der Waals surface area (Å²) >= 11 is 1.53. The Kier molecular flexibility index (Phi) is 3.56. The number of carboxylic acids is 1.